The lowest BCUT2D eigenvalue weighted by molar-refractivity contribution is -0.147. The number of carboxylic acid groups (broad SMARTS) is 1. The normalized spacial score (nSPS) is 14.0. The van der Waals surface area contributed by atoms with E-state index < -0.39 is 11.5 Å². The van der Waals surface area contributed by atoms with E-state index in [1.54, 1.807) is 32.0 Å². The van der Waals surface area contributed by atoms with Gasteiger partial charge in [-0.3, -0.25) is 0 Å². The predicted molar refractivity (Wildman–Crippen MR) is 77.5 cm³/mol. The van der Waals surface area contributed by atoms with E-state index in [4.69, 9.17) is 11.6 Å². The maximum absolute atomic E-state index is 11.5. The number of aliphatic carboxylic acids is 1. The van der Waals surface area contributed by atoms with Crippen molar-refractivity contribution in [1.82, 2.24) is 20.2 Å². The number of hydrogen-bond donors (Lipinski definition) is 1. The largest absolute Gasteiger partial charge is 0.479 e. The molecule has 0 saturated heterocycles. The van der Waals surface area contributed by atoms with Crippen molar-refractivity contribution in [3.63, 3.8) is 0 Å². The molecule has 1 aromatic heterocycles. The third kappa shape index (κ3) is 2.55. The van der Waals surface area contributed by atoms with E-state index in [9.17, 15) is 9.90 Å². The van der Waals surface area contributed by atoms with Crippen molar-refractivity contribution in [2.75, 3.05) is 0 Å². The van der Waals surface area contributed by atoms with Gasteiger partial charge in [-0.2, -0.15) is 0 Å². The SMILES string of the molecule is CCC(C)(C(=O)O)n1nnnc1-c1cc(Cl)cc(Br)c1. The van der Waals surface area contributed by atoms with Gasteiger partial charge in [-0.05, 0) is 42.0 Å². The molecule has 8 heteroatoms. The summed E-state index contributed by atoms with van der Waals surface area (Å²) in [6, 6.07) is 5.20. The fourth-order valence-corrected chi connectivity index (χ4v) is 2.63. The molecule has 2 rings (SSSR count). The molecule has 6 nitrogen and oxygen atoms in total. The van der Waals surface area contributed by atoms with Crippen LogP contribution in [0.2, 0.25) is 5.02 Å². The first-order valence-corrected chi connectivity index (χ1v) is 7.04. The minimum Gasteiger partial charge on any atom is -0.479 e. The number of hydrogen-bond acceptors (Lipinski definition) is 4. The van der Waals surface area contributed by atoms with Crippen molar-refractivity contribution in [2.24, 2.45) is 0 Å². The van der Waals surface area contributed by atoms with Crippen LogP contribution in [0.5, 0.6) is 0 Å². The van der Waals surface area contributed by atoms with Crippen molar-refractivity contribution in [2.45, 2.75) is 25.8 Å². The van der Waals surface area contributed by atoms with E-state index in [1.165, 1.54) is 4.68 Å². The summed E-state index contributed by atoms with van der Waals surface area (Å²) in [6.07, 6.45) is 0.349. The Morgan fingerprint density at radius 2 is 2.20 bits per heavy atom. The number of aromatic nitrogens is 4. The molecule has 20 heavy (non-hydrogen) atoms. The Kier molecular flexibility index (Phi) is 4.10. The van der Waals surface area contributed by atoms with Gasteiger partial charge in [0.05, 0.1) is 0 Å². The Morgan fingerprint density at radius 3 is 2.75 bits per heavy atom. The van der Waals surface area contributed by atoms with Crippen LogP contribution in [0.1, 0.15) is 20.3 Å². The van der Waals surface area contributed by atoms with Crippen molar-refractivity contribution >= 4 is 33.5 Å². The predicted octanol–water partition coefficient (Wildman–Crippen LogP) is 2.97. The summed E-state index contributed by atoms with van der Waals surface area (Å²) in [5, 5.41) is 21.3. The second kappa shape index (κ2) is 5.49. The molecule has 1 N–H and O–H groups in total. The van der Waals surface area contributed by atoms with Gasteiger partial charge in [0.1, 0.15) is 0 Å². The van der Waals surface area contributed by atoms with Gasteiger partial charge in [-0.15, -0.1) is 5.10 Å². The van der Waals surface area contributed by atoms with Crippen LogP contribution in [0.4, 0.5) is 0 Å². The zero-order valence-electron chi connectivity index (χ0n) is 10.8. The van der Waals surface area contributed by atoms with Gasteiger partial charge in [0.15, 0.2) is 11.4 Å². The molecule has 2 aromatic rings. The number of halogens is 2. The fraction of sp³-hybridized carbons (Fsp3) is 0.333. The zero-order valence-corrected chi connectivity index (χ0v) is 13.2. The summed E-state index contributed by atoms with van der Waals surface area (Å²) in [7, 11) is 0. The molecule has 1 heterocycles. The minimum absolute atomic E-state index is 0.349. The van der Waals surface area contributed by atoms with Gasteiger partial charge >= 0.3 is 5.97 Å². The van der Waals surface area contributed by atoms with Crippen LogP contribution in [0.25, 0.3) is 11.4 Å². The van der Waals surface area contributed by atoms with Crippen molar-refractivity contribution in [3.8, 4) is 11.4 Å². The number of nitrogens with zero attached hydrogens (tertiary/aromatic N) is 4. The molecule has 0 amide bonds. The standard InChI is InChI=1S/C12H12BrClN4O2/c1-3-12(2,11(19)20)18-10(15-16-17-18)7-4-8(13)6-9(14)5-7/h4-6H,3H2,1-2H3,(H,19,20). The third-order valence-electron chi connectivity index (χ3n) is 3.21. The van der Waals surface area contributed by atoms with Crippen molar-refractivity contribution < 1.29 is 9.90 Å². The van der Waals surface area contributed by atoms with E-state index in [0.29, 0.717) is 22.8 Å². The van der Waals surface area contributed by atoms with E-state index in [2.05, 4.69) is 31.5 Å². The van der Waals surface area contributed by atoms with Gasteiger partial charge in [-0.1, -0.05) is 34.5 Å². The molecule has 0 radical (unpaired) electrons. The highest BCUT2D eigenvalue weighted by atomic mass is 79.9. The molecule has 1 unspecified atom stereocenters. The molecular weight excluding hydrogens is 348 g/mol. The van der Waals surface area contributed by atoms with Gasteiger partial charge in [0.2, 0.25) is 0 Å². The second-order valence-corrected chi connectivity index (χ2v) is 5.86. The molecule has 106 valence electrons. The lowest BCUT2D eigenvalue weighted by Gasteiger charge is -2.24. The molecule has 0 saturated carbocycles. The summed E-state index contributed by atoms with van der Waals surface area (Å²) in [5.74, 6) is -0.630. The quantitative estimate of drug-likeness (QED) is 0.907. The average molecular weight is 360 g/mol. The van der Waals surface area contributed by atoms with Crippen molar-refractivity contribution in [1.29, 1.82) is 0 Å². The monoisotopic (exact) mass is 358 g/mol. The zero-order chi connectivity index (χ0) is 14.9. The Hall–Kier alpha value is -1.47. The molecule has 0 fully saturated rings. The molecule has 1 atom stereocenters. The van der Waals surface area contributed by atoms with Crippen LogP contribution in [0, 0.1) is 0 Å². The van der Waals surface area contributed by atoms with Crippen LogP contribution >= 0.6 is 27.5 Å². The van der Waals surface area contributed by atoms with Crippen LogP contribution < -0.4 is 0 Å². The highest BCUT2D eigenvalue weighted by molar-refractivity contribution is 9.10. The smallest absolute Gasteiger partial charge is 0.331 e. The Bertz CT molecular complexity index is 640. The van der Waals surface area contributed by atoms with Gasteiger partial charge < -0.3 is 5.11 Å². The van der Waals surface area contributed by atoms with Crippen LogP contribution in [0.15, 0.2) is 22.7 Å². The van der Waals surface area contributed by atoms with Crippen LogP contribution in [-0.2, 0) is 10.3 Å². The van der Waals surface area contributed by atoms with Crippen LogP contribution in [0.3, 0.4) is 0 Å². The van der Waals surface area contributed by atoms with E-state index in [-0.39, 0.29) is 0 Å². The summed E-state index contributed by atoms with van der Waals surface area (Å²) in [5.41, 5.74) is -0.566. The first-order chi connectivity index (χ1) is 9.38. The first-order valence-electron chi connectivity index (χ1n) is 5.87. The molecule has 0 bridgehead atoms. The number of carboxylic acids is 1. The van der Waals surface area contributed by atoms with Gasteiger partial charge in [-0.25, -0.2) is 9.48 Å². The molecule has 0 aliphatic carbocycles. The maximum atomic E-state index is 11.5. The summed E-state index contributed by atoms with van der Waals surface area (Å²) in [6.45, 7) is 3.35. The van der Waals surface area contributed by atoms with Gasteiger partial charge in [0, 0.05) is 15.1 Å². The Morgan fingerprint density at radius 1 is 1.50 bits per heavy atom. The third-order valence-corrected chi connectivity index (χ3v) is 3.88. The second-order valence-electron chi connectivity index (χ2n) is 4.50. The highest BCUT2D eigenvalue weighted by Gasteiger charge is 2.37. The van der Waals surface area contributed by atoms with Crippen LogP contribution in [-0.4, -0.2) is 31.3 Å². The fourth-order valence-electron chi connectivity index (χ4n) is 1.77. The molecule has 1 aromatic carbocycles. The molecular formula is C12H12BrClN4O2. The lowest BCUT2D eigenvalue weighted by atomic mass is 9.99. The van der Waals surface area contributed by atoms with E-state index >= 15 is 0 Å². The summed E-state index contributed by atoms with van der Waals surface area (Å²) >= 11 is 9.35. The number of benzene rings is 1. The summed E-state index contributed by atoms with van der Waals surface area (Å²) in [4.78, 5) is 11.5. The Labute approximate surface area is 128 Å². The maximum Gasteiger partial charge on any atom is 0.331 e. The summed E-state index contributed by atoms with van der Waals surface area (Å²) < 4.78 is 2.08. The number of rotatable bonds is 4. The average Bonchev–Trinajstić information content (AvgIpc) is 2.86. The number of tetrazole rings is 1. The van der Waals surface area contributed by atoms with E-state index in [1.807, 2.05) is 0 Å². The van der Waals surface area contributed by atoms with E-state index in [0.717, 1.165) is 4.47 Å². The molecule has 0 spiro atoms. The highest BCUT2D eigenvalue weighted by Crippen LogP contribution is 2.29. The molecule has 0 aliphatic heterocycles. The van der Waals surface area contributed by atoms with Gasteiger partial charge in [0.25, 0.3) is 0 Å². The topological polar surface area (TPSA) is 80.9 Å². The Balaban J connectivity index is 2.61. The number of carbonyl (C=O) groups is 1. The molecule has 0 aliphatic rings. The lowest BCUT2D eigenvalue weighted by Crippen LogP contribution is -2.39. The first kappa shape index (κ1) is 14.9. The minimum atomic E-state index is -1.21. The van der Waals surface area contributed by atoms with Crippen molar-refractivity contribution in [3.05, 3.63) is 27.7 Å².